The zero-order valence-electron chi connectivity index (χ0n) is 8.95. The van der Waals surface area contributed by atoms with Gasteiger partial charge in [-0.05, 0) is 19.9 Å². The maximum atomic E-state index is 11.0. The van der Waals surface area contributed by atoms with Crippen LogP contribution in [0, 0.1) is 0 Å². The van der Waals surface area contributed by atoms with Crippen molar-refractivity contribution in [2.75, 3.05) is 20.2 Å². The number of carbonyl (C=O) groups excluding carboxylic acids is 2. The summed E-state index contributed by atoms with van der Waals surface area (Å²) in [5, 5.41) is 0. The lowest BCUT2D eigenvalue weighted by Crippen LogP contribution is -2.45. The van der Waals surface area contributed by atoms with Gasteiger partial charge in [0, 0.05) is 0 Å². The van der Waals surface area contributed by atoms with Crippen LogP contribution in [-0.4, -0.2) is 43.0 Å². The molecule has 0 aliphatic heterocycles. The summed E-state index contributed by atoms with van der Waals surface area (Å²) < 4.78 is 4.52. The molecular formula is C9H18N2O3. The summed E-state index contributed by atoms with van der Waals surface area (Å²) in [5.74, 6) is -0.783. The van der Waals surface area contributed by atoms with Gasteiger partial charge in [0.1, 0.15) is 0 Å². The molecule has 1 amide bonds. The molecule has 2 N–H and O–H groups in total. The van der Waals surface area contributed by atoms with E-state index in [0.29, 0.717) is 6.54 Å². The third kappa shape index (κ3) is 4.23. The van der Waals surface area contributed by atoms with E-state index in [2.05, 4.69) is 4.74 Å². The van der Waals surface area contributed by atoms with Gasteiger partial charge in [0.15, 0.2) is 0 Å². The van der Waals surface area contributed by atoms with Crippen molar-refractivity contribution in [3.05, 3.63) is 0 Å². The van der Waals surface area contributed by atoms with Crippen molar-refractivity contribution in [2.24, 2.45) is 5.73 Å². The Morgan fingerprint density at radius 1 is 1.50 bits per heavy atom. The minimum atomic E-state index is -0.436. The highest BCUT2D eigenvalue weighted by Crippen LogP contribution is 2.00. The second-order valence-electron chi connectivity index (χ2n) is 3.12. The molecule has 1 atom stereocenters. The number of esters is 1. The summed E-state index contributed by atoms with van der Waals surface area (Å²) in [6.45, 7) is 4.41. The maximum absolute atomic E-state index is 11.0. The maximum Gasteiger partial charge on any atom is 0.319 e. The average molecular weight is 202 g/mol. The van der Waals surface area contributed by atoms with Crippen molar-refractivity contribution in [1.29, 1.82) is 0 Å². The number of carbonyl (C=O) groups is 2. The fraction of sp³-hybridized carbons (Fsp3) is 0.778. The first-order valence-corrected chi connectivity index (χ1v) is 4.63. The molecule has 0 aliphatic rings. The first-order chi connectivity index (χ1) is 6.52. The molecule has 0 spiro atoms. The number of rotatable bonds is 6. The van der Waals surface area contributed by atoms with Crippen LogP contribution in [0.15, 0.2) is 0 Å². The Labute approximate surface area is 84.2 Å². The zero-order valence-corrected chi connectivity index (χ0v) is 8.95. The van der Waals surface area contributed by atoms with Crippen LogP contribution < -0.4 is 5.73 Å². The topological polar surface area (TPSA) is 72.6 Å². The van der Waals surface area contributed by atoms with Crippen LogP contribution in [0.1, 0.15) is 20.3 Å². The largest absolute Gasteiger partial charge is 0.468 e. The van der Waals surface area contributed by atoms with E-state index in [4.69, 9.17) is 5.73 Å². The van der Waals surface area contributed by atoms with Crippen LogP contribution in [0.2, 0.25) is 0 Å². The summed E-state index contributed by atoms with van der Waals surface area (Å²) in [5.41, 5.74) is 5.15. The Hall–Kier alpha value is -1.10. The fourth-order valence-corrected chi connectivity index (χ4v) is 1.11. The van der Waals surface area contributed by atoms with Crippen LogP contribution in [-0.2, 0) is 14.3 Å². The Morgan fingerprint density at radius 2 is 2.07 bits per heavy atom. The SMILES string of the molecule is CCCN(CC(=O)OC)C(C)C(N)=O. The summed E-state index contributed by atoms with van der Waals surface area (Å²) in [4.78, 5) is 23.6. The number of hydrogen-bond acceptors (Lipinski definition) is 4. The second-order valence-corrected chi connectivity index (χ2v) is 3.12. The third-order valence-electron chi connectivity index (χ3n) is 2.03. The lowest BCUT2D eigenvalue weighted by atomic mass is 10.2. The van der Waals surface area contributed by atoms with Crippen LogP contribution >= 0.6 is 0 Å². The summed E-state index contributed by atoms with van der Waals surface area (Å²) >= 11 is 0. The zero-order chi connectivity index (χ0) is 11.1. The summed E-state index contributed by atoms with van der Waals surface area (Å²) in [6, 6.07) is -0.436. The molecule has 82 valence electrons. The lowest BCUT2D eigenvalue weighted by Gasteiger charge is -2.24. The minimum Gasteiger partial charge on any atom is -0.468 e. The van der Waals surface area contributed by atoms with Crippen LogP contribution in [0.25, 0.3) is 0 Å². The third-order valence-corrected chi connectivity index (χ3v) is 2.03. The smallest absolute Gasteiger partial charge is 0.319 e. The monoisotopic (exact) mass is 202 g/mol. The number of amides is 1. The van der Waals surface area contributed by atoms with Gasteiger partial charge in [-0.3, -0.25) is 14.5 Å². The minimum absolute atomic E-state index is 0.106. The van der Waals surface area contributed by atoms with Crippen molar-refractivity contribution in [3.63, 3.8) is 0 Å². The Morgan fingerprint density at radius 3 is 2.43 bits per heavy atom. The first kappa shape index (κ1) is 12.9. The predicted octanol–water partition coefficient (Wildman–Crippen LogP) is -0.255. The molecule has 0 saturated carbocycles. The molecule has 0 saturated heterocycles. The lowest BCUT2D eigenvalue weighted by molar-refractivity contribution is -0.143. The second kappa shape index (κ2) is 6.37. The first-order valence-electron chi connectivity index (χ1n) is 4.63. The van der Waals surface area contributed by atoms with E-state index in [1.165, 1.54) is 7.11 Å². The molecule has 0 radical (unpaired) electrons. The van der Waals surface area contributed by atoms with E-state index >= 15 is 0 Å². The van der Waals surface area contributed by atoms with Gasteiger partial charge >= 0.3 is 5.97 Å². The number of nitrogens with two attached hydrogens (primary N) is 1. The predicted molar refractivity (Wildman–Crippen MR) is 52.5 cm³/mol. The number of nitrogens with zero attached hydrogens (tertiary/aromatic N) is 1. The molecule has 1 unspecified atom stereocenters. The van der Waals surface area contributed by atoms with E-state index in [-0.39, 0.29) is 12.5 Å². The van der Waals surface area contributed by atoms with Crippen molar-refractivity contribution in [1.82, 2.24) is 4.90 Å². The number of methoxy groups -OCH3 is 1. The highest BCUT2D eigenvalue weighted by Gasteiger charge is 2.20. The Kier molecular flexibility index (Phi) is 5.87. The molecular weight excluding hydrogens is 184 g/mol. The van der Waals surface area contributed by atoms with Crippen molar-refractivity contribution < 1.29 is 14.3 Å². The molecule has 14 heavy (non-hydrogen) atoms. The van der Waals surface area contributed by atoms with Gasteiger partial charge in [0.25, 0.3) is 0 Å². The van der Waals surface area contributed by atoms with Crippen molar-refractivity contribution in [3.8, 4) is 0 Å². The molecule has 0 aromatic rings. The molecule has 0 aromatic carbocycles. The van der Waals surface area contributed by atoms with Crippen LogP contribution in [0.3, 0.4) is 0 Å². The molecule has 0 aliphatic carbocycles. The molecule has 0 aromatic heterocycles. The van der Waals surface area contributed by atoms with Gasteiger partial charge in [0.05, 0.1) is 19.7 Å². The van der Waals surface area contributed by atoms with Crippen LogP contribution in [0.4, 0.5) is 0 Å². The van der Waals surface area contributed by atoms with E-state index in [9.17, 15) is 9.59 Å². The fourth-order valence-electron chi connectivity index (χ4n) is 1.11. The standard InChI is InChI=1S/C9H18N2O3/c1-4-5-11(6-8(12)14-3)7(2)9(10)13/h7H,4-6H2,1-3H3,(H2,10,13). The van der Waals surface area contributed by atoms with E-state index in [1.807, 2.05) is 6.92 Å². The van der Waals surface area contributed by atoms with Gasteiger partial charge in [-0.2, -0.15) is 0 Å². The van der Waals surface area contributed by atoms with Gasteiger partial charge < -0.3 is 10.5 Å². The molecule has 0 heterocycles. The van der Waals surface area contributed by atoms with Gasteiger partial charge in [0.2, 0.25) is 5.91 Å². The number of ether oxygens (including phenoxy) is 1. The molecule has 5 heteroatoms. The molecule has 5 nitrogen and oxygen atoms in total. The van der Waals surface area contributed by atoms with Crippen molar-refractivity contribution >= 4 is 11.9 Å². The highest BCUT2D eigenvalue weighted by atomic mass is 16.5. The Bertz CT molecular complexity index is 206. The van der Waals surface area contributed by atoms with Gasteiger partial charge in [-0.1, -0.05) is 6.92 Å². The molecule has 0 fully saturated rings. The van der Waals surface area contributed by atoms with Crippen molar-refractivity contribution in [2.45, 2.75) is 26.3 Å². The van der Waals surface area contributed by atoms with E-state index < -0.39 is 11.9 Å². The van der Waals surface area contributed by atoms with Gasteiger partial charge in [-0.25, -0.2) is 0 Å². The normalized spacial score (nSPS) is 12.6. The average Bonchev–Trinajstić information content (AvgIpc) is 2.15. The molecule has 0 bridgehead atoms. The van der Waals surface area contributed by atoms with E-state index in [1.54, 1.807) is 11.8 Å². The highest BCUT2D eigenvalue weighted by molar-refractivity contribution is 5.80. The Balaban J connectivity index is 4.27. The number of primary amides is 1. The molecule has 0 rings (SSSR count). The summed E-state index contributed by atoms with van der Waals surface area (Å²) in [7, 11) is 1.32. The number of hydrogen-bond donors (Lipinski definition) is 1. The quantitative estimate of drug-likeness (QED) is 0.602. The van der Waals surface area contributed by atoms with Crippen LogP contribution in [0.5, 0.6) is 0 Å². The van der Waals surface area contributed by atoms with Gasteiger partial charge in [-0.15, -0.1) is 0 Å². The summed E-state index contributed by atoms with van der Waals surface area (Å²) in [6.07, 6.45) is 0.856. The van der Waals surface area contributed by atoms with E-state index in [0.717, 1.165) is 6.42 Å².